The quantitative estimate of drug-likeness (QED) is 0.605. The van der Waals surface area contributed by atoms with Gasteiger partial charge in [-0.15, -0.1) is 11.3 Å². The number of likely N-dealkylation sites (tertiary alicyclic amines) is 2. The molecule has 2 aliphatic rings. The first-order valence-corrected chi connectivity index (χ1v) is 12.1. The molecule has 2 saturated heterocycles. The second kappa shape index (κ2) is 8.58. The number of rotatable bonds is 3. The highest BCUT2D eigenvalue weighted by Gasteiger charge is 2.29. The molecule has 1 atom stereocenters. The minimum atomic E-state index is 0.0284. The Hall–Kier alpha value is -2.87. The SMILES string of the molecule is Cc1nc2ccc(C(=O)N3CCC[C@H](c4ncc(C(=O)N5CCCC5)c(C)n4)C3)cc2s1. The number of aryl methyl sites for hydroxylation is 2. The first kappa shape index (κ1) is 21.0. The van der Waals surface area contributed by atoms with E-state index in [1.165, 1.54) is 0 Å². The molecule has 4 heterocycles. The van der Waals surface area contributed by atoms with E-state index in [9.17, 15) is 9.59 Å². The van der Waals surface area contributed by atoms with Crippen molar-refractivity contribution in [2.24, 2.45) is 0 Å². The van der Waals surface area contributed by atoms with Gasteiger partial charge in [-0.2, -0.15) is 0 Å². The van der Waals surface area contributed by atoms with Crippen LogP contribution in [0.1, 0.15) is 68.8 Å². The third-order valence-corrected chi connectivity index (χ3v) is 7.37. The summed E-state index contributed by atoms with van der Waals surface area (Å²) >= 11 is 1.61. The molecule has 0 saturated carbocycles. The van der Waals surface area contributed by atoms with Gasteiger partial charge in [0.05, 0.1) is 26.5 Å². The molecule has 0 bridgehead atoms. The second-order valence-corrected chi connectivity index (χ2v) is 9.97. The Labute approximate surface area is 191 Å². The van der Waals surface area contributed by atoms with Gasteiger partial charge < -0.3 is 9.80 Å². The van der Waals surface area contributed by atoms with E-state index in [2.05, 4.69) is 9.97 Å². The standard InChI is InChI=1S/C24H27N5O2S/c1-15-19(24(31)28-9-3-4-10-28)13-25-22(26-15)18-6-5-11-29(14-18)23(30)17-7-8-20-21(12-17)32-16(2)27-20/h7-8,12-13,18H,3-6,9-11,14H2,1-2H3/t18-/m0/s1. The lowest BCUT2D eigenvalue weighted by Crippen LogP contribution is -2.39. The van der Waals surface area contributed by atoms with Crippen molar-refractivity contribution in [3.63, 3.8) is 0 Å². The summed E-state index contributed by atoms with van der Waals surface area (Å²) in [7, 11) is 0. The molecule has 0 spiro atoms. The Morgan fingerprint density at radius 3 is 2.56 bits per heavy atom. The monoisotopic (exact) mass is 449 g/mol. The van der Waals surface area contributed by atoms with Crippen LogP contribution in [-0.2, 0) is 0 Å². The minimum Gasteiger partial charge on any atom is -0.339 e. The molecule has 166 valence electrons. The zero-order valence-corrected chi connectivity index (χ0v) is 19.3. The van der Waals surface area contributed by atoms with E-state index in [0.29, 0.717) is 17.7 Å². The average molecular weight is 450 g/mol. The Morgan fingerprint density at radius 2 is 1.78 bits per heavy atom. The van der Waals surface area contributed by atoms with Crippen LogP contribution in [0.4, 0.5) is 0 Å². The van der Waals surface area contributed by atoms with E-state index in [1.54, 1.807) is 17.5 Å². The third kappa shape index (κ3) is 3.99. The summed E-state index contributed by atoms with van der Waals surface area (Å²) in [6, 6.07) is 5.74. The molecule has 1 aromatic carbocycles. The lowest BCUT2D eigenvalue weighted by atomic mass is 9.96. The zero-order chi connectivity index (χ0) is 22.2. The Morgan fingerprint density at radius 1 is 1.00 bits per heavy atom. The van der Waals surface area contributed by atoms with Gasteiger partial charge in [-0.05, 0) is 57.7 Å². The molecule has 2 amide bonds. The summed E-state index contributed by atoms with van der Waals surface area (Å²) in [4.78, 5) is 43.5. The predicted octanol–water partition coefficient (Wildman–Crippen LogP) is 3.96. The fourth-order valence-corrected chi connectivity index (χ4v) is 5.58. The first-order chi connectivity index (χ1) is 15.5. The normalized spacial score (nSPS) is 19.0. The summed E-state index contributed by atoms with van der Waals surface area (Å²) in [6.07, 6.45) is 5.65. The minimum absolute atomic E-state index is 0.0284. The third-order valence-electron chi connectivity index (χ3n) is 6.44. The molecular weight excluding hydrogens is 422 g/mol. The van der Waals surface area contributed by atoms with E-state index in [1.807, 2.05) is 41.8 Å². The number of nitrogens with zero attached hydrogens (tertiary/aromatic N) is 5. The first-order valence-electron chi connectivity index (χ1n) is 11.3. The predicted molar refractivity (Wildman–Crippen MR) is 124 cm³/mol. The van der Waals surface area contributed by atoms with Gasteiger partial charge >= 0.3 is 0 Å². The number of piperidine rings is 1. The molecule has 0 aliphatic carbocycles. The zero-order valence-electron chi connectivity index (χ0n) is 18.5. The van der Waals surface area contributed by atoms with Crippen LogP contribution in [0.2, 0.25) is 0 Å². The van der Waals surface area contributed by atoms with Crippen LogP contribution in [0.25, 0.3) is 10.2 Å². The number of carbonyl (C=O) groups excluding carboxylic acids is 2. The van der Waals surface area contributed by atoms with Crippen LogP contribution in [0.5, 0.6) is 0 Å². The van der Waals surface area contributed by atoms with E-state index < -0.39 is 0 Å². The van der Waals surface area contributed by atoms with Crippen molar-refractivity contribution in [3.8, 4) is 0 Å². The molecule has 5 rings (SSSR count). The number of aromatic nitrogens is 3. The maximum Gasteiger partial charge on any atom is 0.257 e. The molecule has 0 N–H and O–H groups in total. The maximum absolute atomic E-state index is 13.2. The van der Waals surface area contributed by atoms with Crippen molar-refractivity contribution in [3.05, 3.63) is 52.0 Å². The Kier molecular flexibility index (Phi) is 5.63. The fourth-order valence-electron chi connectivity index (χ4n) is 4.71. The highest BCUT2D eigenvalue weighted by Crippen LogP contribution is 2.28. The van der Waals surface area contributed by atoms with Gasteiger partial charge in [0.1, 0.15) is 5.82 Å². The van der Waals surface area contributed by atoms with Crippen LogP contribution in [0, 0.1) is 13.8 Å². The molecule has 2 aliphatic heterocycles. The van der Waals surface area contributed by atoms with Crippen molar-refractivity contribution < 1.29 is 9.59 Å². The summed E-state index contributed by atoms with van der Waals surface area (Å²) in [5.41, 5.74) is 2.95. The molecule has 32 heavy (non-hydrogen) atoms. The van der Waals surface area contributed by atoms with Crippen molar-refractivity contribution in [2.45, 2.75) is 45.4 Å². The summed E-state index contributed by atoms with van der Waals surface area (Å²) in [5.74, 6) is 0.879. The van der Waals surface area contributed by atoms with E-state index in [0.717, 1.165) is 72.1 Å². The number of hydrogen-bond acceptors (Lipinski definition) is 6. The largest absolute Gasteiger partial charge is 0.339 e. The van der Waals surface area contributed by atoms with Crippen molar-refractivity contribution in [1.29, 1.82) is 0 Å². The topological polar surface area (TPSA) is 79.3 Å². The average Bonchev–Trinajstić information content (AvgIpc) is 3.46. The van der Waals surface area contributed by atoms with Gasteiger partial charge in [0, 0.05) is 43.9 Å². The summed E-state index contributed by atoms with van der Waals surface area (Å²) in [5, 5.41) is 1.00. The molecule has 2 fully saturated rings. The van der Waals surface area contributed by atoms with Gasteiger partial charge in [-0.25, -0.2) is 15.0 Å². The summed E-state index contributed by atoms with van der Waals surface area (Å²) in [6.45, 7) is 6.82. The van der Waals surface area contributed by atoms with Crippen LogP contribution in [0.3, 0.4) is 0 Å². The van der Waals surface area contributed by atoms with Crippen LogP contribution < -0.4 is 0 Å². The van der Waals surface area contributed by atoms with Gasteiger partial charge in [0.2, 0.25) is 0 Å². The lowest BCUT2D eigenvalue weighted by molar-refractivity contribution is 0.0704. The van der Waals surface area contributed by atoms with Crippen molar-refractivity contribution in [1.82, 2.24) is 24.8 Å². The van der Waals surface area contributed by atoms with Crippen LogP contribution in [0.15, 0.2) is 24.4 Å². The Bertz CT molecular complexity index is 1180. The highest BCUT2D eigenvalue weighted by molar-refractivity contribution is 7.18. The number of hydrogen-bond donors (Lipinski definition) is 0. The smallest absolute Gasteiger partial charge is 0.257 e. The van der Waals surface area contributed by atoms with Gasteiger partial charge in [0.15, 0.2) is 0 Å². The summed E-state index contributed by atoms with van der Waals surface area (Å²) < 4.78 is 1.04. The van der Waals surface area contributed by atoms with E-state index >= 15 is 0 Å². The number of amides is 2. The molecule has 0 radical (unpaired) electrons. The van der Waals surface area contributed by atoms with E-state index in [-0.39, 0.29) is 17.7 Å². The van der Waals surface area contributed by atoms with Gasteiger partial charge in [-0.1, -0.05) is 0 Å². The van der Waals surface area contributed by atoms with Crippen molar-refractivity contribution >= 4 is 33.4 Å². The van der Waals surface area contributed by atoms with Gasteiger partial charge in [-0.3, -0.25) is 9.59 Å². The van der Waals surface area contributed by atoms with Crippen LogP contribution in [-0.4, -0.2) is 62.7 Å². The number of fused-ring (bicyclic) bond motifs is 1. The molecule has 7 nitrogen and oxygen atoms in total. The maximum atomic E-state index is 13.2. The van der Waals surface area contributed by atoms with Crippen LogP contribution >= 0.6 is 11.3 Å². The van der Waals surface area contributed by atoms with E-state index in [4.69, 9.17) is 4.98 Å². The molecular formula is C24H27N5O2S. The Balaban J connectivity index is 1.32. The second-order valence-electron chi connectivity index (χ2n) is 8.73. The number of carbonyl (C=O) groups is 2. The van der Waals surface area contributed by atoms with Gasteiger partial charge in [0.25, 0.3) is 11.8 Å². The van der Waals surface area contributed by atoms with Crippen molar-refractivity contribution in [2.75, 3.05) is 26.2 Å². The number of thiazole rings is 1. The molecule has 2 aromatic heterocycles. The molecule has 3 aromatic rings. The molecule has 8 heteroatoms. The lowest BCUT2D eigenvalue weighted by Gasteiger charge is -2.32. The molecule has 0 unspecified atom stereocenters. The fraction of sp³-hybridized carbons (Fsp3) is 0.458. The number of benzene rings is 1. The highest BCUT2D eigenvalue weighted by atomic mass is 32.1.